The molecule has 2 N–H and O–H groups in total. The molecule has 0 spiro atoms. The Labute approximate surface area is 144 Å². The molecule has 7 heteroatoms. The first-order valence-electron chi connectivity index (χ1n) is 8.05. The predicted octanol–water partition coefficient (Wildman–Crippen LogP) is 2.34. The van der Waals surface area contributed by atoms with E-state index in [1.807, 2.05) is 10.7 Å². The van der Waals surface area contributed by atoms with Crippen molar-refractivity contribution in [3.63, 3.8) is 0 Å². The minimum absolute atomic E-state index is 0.114. The highest BCUT2D eigenvalue weighted by molar-refractivity contribution is 6.30. The monoisotopic (exact) mass is 347 g/mol. The van der Waals surface area contributed by atoms with Crippen molar-refractivity contribution in [3.8, 4) is 5.75 Å². The number of benzene rings is 1. The van der Waals surface area contributed by atoms with Crippen molar-refractivity contribution in [3.05, 3.63) is 46.2 Å². The second-order valence-corrected chi connectivity index (χ2v) is 6.89. The van der Waals surface area contributed by atoms with Gasteiger partial charge in [-0.3, -0.25) is 9.48 Å². The summed E-state index contributed by atoms with van der Waals surface area (Å²) in [7, 11) is 0. The third-order valence-electron chi connectivity index (χ3n) is 4.67. The van der Waals surface area contributed by atoms with E-state index in [1.165, 1.54) is 12.1 Å². The number of amides is 1. The van der Waals surface area contributed by atoms with Crippen LogP contribution in [0, 0.1) is 5.92 Å². The lowest BCUT2D eigenvalue weighted by atomic mass is 10.1. The Hall–Kier alpha value is -2.05. The molecule has 6 nitrogen and oxygen atoms in total. The molecule has 1 amide bonds. The lowest BCUT2D eigenvalue weighted by Gasteiger charge is -2.28. The number of aromatic hydroxyl groups is 1. The number of aromatic nitrogens is 2. The number of nitrogens with zero attached hydrogens (tertiary/aromatic N) is 3. The summed E-state index contributed by atoms with van der Waals surface area (Å²) in [6, 6.07) is 6.37. The predicted molar refractivity (Wildman–Crippen MR) is 87.8 cm³/mol. The second kappa shape index (κ2) is 5.79. The van der Waals surface area contributed by atoms with Crippen LogP contribution in [0.15, 0.2) is 24.3 Å². The standard InChI is InChI=1S/C17H18ClN3O3/c18-11-3-4-13(15(22)7-11)17(24)20-5-6-21-12(9-20)8-14(19-21)16(23)10-1-2-10/h3-4,7-8,10,16,22-23H,1-2,5-6,9H2. The van der Waals surface area contributed by atoms with E-state index in [1.54, 1.807) is 11.0 Å². The van der Waals surface area contributed by atoms with Crippen LogP contribution >= 0.6 is 11.6 Å². The molecule has 2 aliphatic rings. The largest absolute Gasteiger partial charge is 0.507 e. The highest BCUT2D eigenvalue weighted by Crippen LogP contribution is 2.40. The van der Waals surface area contributed by atoms with Gasteiger partial charge in [0, 0.05) is 11.6 Å². The van der Waals surface area contributed by atoms with Crippen LogP contribution in [0.25, 0.3) is 0 Å². The molecular formula is C17H18ClN3O3. The van der Waals surface area contributed by atoms with Crippen molar-refractivity contribution in [2.75, 3.05) is 6.54 Å². The maximum Gasteiger partial charge on any atom is 0.258 e. The molecule has 0 saturated heterocycles. The Bertz CT molecular complexity index is 800. The number of carbonyl (C=O) groups is 1. The molecule has 1 aliphatic heterocycles. The fourth-order valence-corrected chi connectivity index (χ4v) is 3.28. The number of aliphatic hydroxyl groups is 1. The third kappa shape index (κ3) is 2.76. The SMILES string of the molecule is O=C(c1ccc(Cl)cc1O)N1CCn2nc(C(O)C3CC3)cc2C1. The van der Waals surface area contributed by atoms with E-state index in [2.05, 4.69) is 5.10 Å². The third-order valence-corrected chi connectivity index (χ3v) is 4.90. The Morgan fingerprint density at radius 1 is 1.29 bits per heavy atom. The molecule has 0 radical (unpaired) electrons. The van der Waals surface area contributed by atoms with Crippen molar-refractivity contribution in [1.82, 2.24) is 14.7 Å². The summed E-state index contributed by atoms with van der Waals surface area (Å²) in [5.41, 5.74) is 1.83. The maximum atomic E-state index is 12.6. The van der Waals surface area contributed by atoms with E-state index in [-0.39, 0.29) is 17.2 Å². The zero-order chi connectivity index (χ0) is 16.8. The molecule has 126 valence electrons. The fraction of sp³-hybridized carbons (Fsp3) is 0.412. The Morgan fingerprint density at radius 2 is 2.08 bits per heavy atom. The van der Waals surface area contributed by atoms with E-state index < -0.39 is 6.10 Å². The van der Waals surface area contributed by atoms with E-state index in [0.29, 0.717) is 36.3 Å². The van der Waals surface area contributed by atoms with Gasteiger partial charge in [0.15, 0.2) is 0 Å². The number of phenols is 1. The van der Waals surface area contributed by atoms with Crippen LogP contribution in [0.4, 0.5) is 0 Å². The average molecular weight is 348 g/mol. The summed E-state index contributed by atoms with van der Waals surface area (Å²) >= 11 is 5.82. The van der Waals surface area contributed by atoms with Crippen molar-refractivity contribution in [2.45, 2.75) is 32.0 Å². The Kier molecular flexibility index (Phi) is 3.73. The summed E-state index contributed by atoms with van der Waals surface area (Å²) in [6.45, 7) is 1.49. The van der Waals surface area contributed by atoms with Crippen LogP contribution in [0.3, 0.4) is 0 Å². The van der Waals surface area contributed by atoms with Gasteiger partial charge in [-0.2, -0.15) is 5.10 Å². The Balaban J connectivity index is 1.54. The Morgan fingerprint density at radius 3 is 2.79 bits per heavy atom. The normalized spacial score (nSPS) is 18.3. The number of carbonyl (C=O) groups excluding carboxylic acids is 1. The number of fused-ring (bicyclic) bond motifs is 1. The number of hydrogen-bond acceptors (Lipinski definition) is 4. The molecule has 1 atom stereocenters. The van der Waals surface area contributed by atoms with Crippen LogP contribution in [0.1, 0.15) is 40.7 Å². The molecule has 1 aromatic heterocycles. The molecule has 1 aromatic carbocycles. The number of aliphatic hydroxyl groups excluding tert-OH is 1. The highest BCUT2D eigenvalue weighted by atomic mass is 35.5. The van der Waals surface area contributed by atoms with Crippen molar-refractivity contribution >= 4 is 17.5 Å². The van der Waals surface area contributed by atoms with Crippen molar-refractivity contribution < 1.29 is 15.0 Å². The number of halogens is 1. The maximum absolute atomic E-state index is 12.6. The van der Waals surface area contributed by atoms with Gasteiger partial charge in [0.1, 0.15) is 11.9 Å². The average Bonchev–Trinajstić information content (AvgIpc) is 3.32. The molecule has 4 rings (SSSR count). The summed E-state index contributed by atoms with van der Waals surface area (Å²) in [5.74, 6) is -0.0250. The van der Waals surface area contributed by atoms with Crippen LogP contribution in [-0.2, 0) is 13.1 Å². The minimum Gasteiger partial charge on any atom is -0.507 e. The molecule has 1 aliphatic carbocycles. The van der Waals surface area contributed by atoms with Gasteiger partial charge in [-0.15, -0.1) is 0 Å². The van der Waals surface area contributed by atoms with Crippen LogP contribution in [0.5, 0.6) is 5.75 Å². The van der Waals surface area contributed by atoms with Crippen molar-refractivity contribution in [2.24, 2.45) is 5.92 Å². The van der Waals surface area contributed by atoms with Gasteiger partial charge in [0.25, 0.3) is 5.91 Å². The van der Waals surface area contributed by atoms with E-state index >= 15 is 0 Å². The number of rotatable bonds is 3. The van der Waals surface area contributed by atoms with E-state index in [4.69, 9.17) is 11.6 Å². The molecule has 1 unspecified atom stereocenters. The van der Waals surface area contributed by atoms with Gasteiger partial charge >= 0.3 is 0 Å². The zero-order valence-electron chi connectivity index (χ0n) is 13.0. The topological polar surface area (TPSA) is 78.6 Å². The van der Waals surface area contributed by atoms with Gasteiger partial charge in [-0.05, 0) is 43.0 Å². The summed E-state index contributed by atoms with van der Waals surface area (Å²) in [6.07, 6.45) is 1.58. The van der Waals surface area contributed by atoms with E-state index in [0.717, 1.165) is 18.5 Å². The minimum atomic E-state index is -0.507. The van der Waals surface area contributed by atoms with Crippen LogP contribution < -0.4 is 0 Å². The molecular weight excluding hydrogens is 330 g/mol. The van der Waals surface area contributed by atoms with Gasteiger partial charge in [-0.25, -0.2) is 0 Å². The smallest absolute Gasteiger partial charge is 0.258 e. The van der Waals surface area contributed by atoms with Crippen LogP contribution in [0.2, 0.25) is 5.02 Å². The molecule has 2 heterocycles. The van der Waals surface area contributed by atoms with E-state index in [9.17, 15) is 15.0 Å². The number of phenolic OH excluding ortho intramolecular Hbond substituents is 1. The molecule has 24 heavy (non-hydrogen) atoms. The molecule has 2 aromatic rings. The summed E-state index contributed by atoms with van der Waals surface area (Å²) in [5, 5.41) is 25.0. The zero-order valence-corrected chi connectivity index (χ0v) is 13.8. The van der Waals surface area contributed by atoms with Gasteiger partial charge < -0.3 is 15.1 Å². The molecule has 0 bridgehead atoms. The molecule has 1 fully saturated rings. The van der Waals surface area contributed by atoms with Gasteiger partial charge in [0.05, 0.1) is 30.0 Å². The first-order chi connectivity index (χ1) is 11.5. The fourth-order valence-electron chi connectivity index (χ4n) is 3.12. The number of hydrogen-bond donors (Lipinski definition) is 2. The molecule has 1 saturated carbocycles. The highest BCUT2D eigenvalue weighted by Gasteiger charge is 2.34. The second-order valence-electron chi connectivity index (χ2n) is 6.45. The van der Waals surface area contributed by atoms with Gasteiger partial charge in [-0.1, -0.05) is 11.6 Å². The quantitative estimate of drug-likeness (QED) is 0.893. The first-order valence-corrected chi connectivity index (χ1v) is 8.43. The summed E-state index contributed by atoms with van der Waals surface area (Å²) in [4.78, 5) is 14.3. The van der Waals surface area contributed by atoms with Crippen molar-refractivity contribution in [1.29, 1.82) is 0 Å². The van der Waals surface area contributed by atoms with Gasteiger partial charge in [0.2, 0.25) is 0 Å². The van der Waals surface area contributed by atoms with Crippen LogP contribution in [-0.4, -0.2) is 37.3 Å². The summed E-state index contributed by atoms with van der Waals surface area (Å²) < 4.78 is 1.85. The first kappa shape index (κ1) is 15.5. The lowest BCUT2D eigenvalue weighted by molar-refractivity contribution is 0.0702. The lowest BCUT2D eigenvalue weighted by Crippen LogP contribution is -2.38.